The Morgan fingerprint density at radius 1 is 0.814 bits per heavy atom. The molecule has 6 atom stereocenters. The summed E-state index contributed by atoms with van der Waals surface area (Å²) in [4.78, 5) is 121. The third-order valence-electron chi connectivity index (χ3n) is 12.0. The van der Waals surface area contributed by atoms with Gasteiger partial charge in [-0.3, -0.25) is 33.8 Å². The zero-order chi connectivity index (χ0) is 50.2. The van der Waals surface area contributed by atoms with Crippen molar-refractivity contribution in [3.8, 4) is 0 Å². The number of benzene rings is 3. The van der Waals surface area contributed by atoms with Crippen molar-refractivity contribution in [2.24, 2.45) is 22.2 Å². The summed E-state index contributed by atoms with van der Waals surface area (Å²) in [7, 11) is 1.62. The number of imide groups is 1. The lowest BCUT2D eigenvalue weighted by atomic mass is 10.0. The first-order chi connectivity index (χ1) is 33.7. The fourth-order valence-corrected chi connectivity index (χ4v) is 8.35. The number of carbonyl (C=O) groups is 8. The maximum absolute atomic E-state index is 13.9. The first kappa shape index (κ1) is 51.3. The van der Waals surface area contributed by atoms with Crippen LogP contribution in [0.4, 0.5) is 4.79 Å². The predicted molar refractivity (Wildman–Crippen MR) is 260 cm³/mol. The number of para-hydroxylation sites is 1. The number of primary amides is 1. The normalized spacial score (nSPS) is 15.6. The Labute approximate surface area is 403 Å². The number of likely N-dealkylation sites (N-methyl/N-ethyl adjacent to an activating group) is 1. The van der Waals surface area contributed by atoms with Crippen molar-refractivity contribution < 1.29 is 38.4 Å². The Hall–Kier alpha value is -8.14. The fraction of sp³-hybridized carbons (Fsp3) is 0.375. The third kappa shape index (κ3) is 14.0. The molecule has 1 aliphatic rings. The van der Waals surface area contributed by atoms with Gasteiger partial charge in [0.15, 0.2) is 5.96 Å². The molecular formula is C48H60N14O8. The Bertz CT molecular complexity index is 2680. The molecule has 8 amide bonds. The molecule has 0 radical (unpaired) electrons. The molecule has 3 heterocycles. The number of fused-ring (bicyclic) bond motifs is 2. The number of unbranched alkanes of at least 4 members (excludes halogenated alkanes) is 1. The molecule has 3 aromatic carbocycles. The second kappa shape index (κ2) is 24.8. The van der Waals surface area contributed by atoms with Crippen LogP contribution in [0.5, 0.6) is 0 Å². The molecule has 370 valence electrons. The van der Waals surface area contributed by atoms with E-state index in [1.54, 1.807) is 13.2 Å². The number of hydrogen-bond donors (Lipinski definition) is 11. The summed E-state index contributed by atoms with van der Waals surface area (Å²) in [6.07, 6.45) is 6.48. The smallest absolute Gasteiger partial charge is 0.325 e. The van der Waals surface area contributed by atoms with E-state index in [4.69, 9.17) is 17.2 Å². The lowest BCUT2D eigenvalue weighted by Gasteiger charge is -2.25. The highest BCUT2D eigenvalue weighted by Gasteiger charge is 2.45. The van der Waals surface area contributed by atoms with Crippen molar-refractivity contribution >= 4 is 75.4 Å². The van der Waals surface area contributed by atoms with Crippen molar-refractivity contribution in [1.82, 2.24) is 51.8 Å². The number of carbonyl (C=O) groups excluding carboxylic acids is 8. The summed E-state index contributed by atoms with van der Waals surface area (Å²) in [6.45, 7) is 0.420. The van der Waals surface area contributed by atoms with Crippen LogP contribution in [0, 0.1) is 0 Å². The summed E-state index contributed by atoms with van der Waals surface area (Å²) in [5.41, 5.74) is 19.4. The monoisotopic (exact) mass is 960 g/mol. The quantitative estimate of drug-likeness (QED) is 0.0107. The number of nitrogens with zero attached hydrogens (tertiary/aromatic N) is 3. The van der Waals surface area contributed by atoms with E-state index in [1.165, 1.54) is 12.5 Å². The van der Waals surface area contributed by atoms with Crippen molar-refractivity contribution in [2.45, 2.75) is 94.0 Å². The minimum absolute atomic E-state index is 0.0619. The molecule has 0 saturated carbocycles. The molecule has 22 heteroatoms. The lowest BCUT2D eigenvalue weighted by Crippen LogP contribution is -2.56. The number of imidazole rings is 1. The van der Waals surface area contributed by atoms with Crippen LogP contribution >= 0.6 is 0 Å². The number of aromatic amines is 2. The van der Waals surface area contributed by atoms with Crippen LogP contribution < -0.4 is 49.1 Å². The number of guanidine groups is 1. The molecule has 0 bridgehead atoms. The summed E-state index contributed by atoms with van der Waals surface area (Å²) < 4.78 is 0. The number of amides is 8. The minimum atomic E-state index is -1.39. The average molecular weight is 961 g/mol. The standard InChI is InChI=1S/C48H60N14O8/c1-52-37(14-8-18-55-47(50)51)43(66)60-38(21-31-24-56-35-12-5-4-11-34(31)35)44(67)59-36(42(49)65)13-6-7-17-54-41(64)23-39-46(69)62(48(70)61-39)40(22-32-25-53-27-57-32)45(68)58-33(26-63)20-28-15-16-29-9-2-3-10-30(29)19-28/h2-5,9-12,15-16,19,24-27,33,36-40,52,56H,6-8,13-14,17-18,20-23H2,1H3,(H2,49,65)(H,53,57)(H,54,64)(H,58,68)(H,59,67)(H,60,66)(H,61,70)(H4,50,51,55)/t33-,36+,37+,38+,39+,40+/m1/s1. The van der Waals surface area contributed by atoms with Crippen LogP contribution in [0.2, 0.25) is 0 Å². The first-order valence-corrected chi connectivity index (χ1v) is 23.0. The van der Waals surface area contributed by atoms with Crippen LogP contribution in [-0.4, -0.2) is 130 Å². The number of rotatable bonds is 27. The highest BCUT2D eigenvalue weighted by atomic mass is 16.2. The maximum Gasteiger partial charge on any atom is 0.325 e. The summed E-state index contributed by atoms with van der Waals surface area (Å²) >= 11 is 0. The second-order valence-electron chi connectivity index (χ2n) is 17.1. The molecule has 0 spiro atoms. The number of nitrogens with two attached hydrogens (primary N) is 3. The molecule has 0 unspecified atom stereocenters. The van der Waals surface area contributed by atoms with Gasteiger partial charge in [-0.15, -0.1) is 0 Å². The molecule has 6 rings (SSSR count). The second-order valence-corrected chi connectivity index (χ2v) is 17.1. The number of hydrogen-bond acceptors (Lipinski definition) is 11. The molecule has 1 saturated heterocycles. The van der Waals surface area contributed by atoms with Crippen molar-refractivity contribution in [2.75, 3.05) is 20.1 Å². The van der Waals surface area contributed by atoms with Crippen LogP contribution in [0.3, 0.4) is 0 Å². The summed E-state index contributed by atoms with van der Waals surface area (Å²) in [5.74, 6) is -4.06. The van der Waals surface area contributed by atoms with E-state index in [1.807, 2.05) is 66.7 Å². The SMILES string of the molecule is CN[C@@H](CCCN=C(N)N)C(=O)N[C@@H](Cc1c[nH]c2ccccc12)C(=O)N[C@@H](CCCCNC(=O)C[C@@H]1NC(=O)N([C@@H](Cc2cnc[nH]2)C(=O)N[C@@H](C=O)Cc2ccc3ccccc3c2)C1=O)C(N)=O. The van der Waals surface area contributed by atoms with Crippen LogP contribution in [-0.2, 0) is 52.8 Å². The average Bonchev–Trinajstić information content (AvgIpc) is 4.08. The number of aliphatic imine (C=N–C) groups is 1. The van der Waals surface area contributed by atoms with Gasteiger partial charge >= 0.3 is 6.03 Å². The highest BCUT2D eigenvalue weighted by Crippen LogP contribution is 2.21. The molecule has 2 aromatic heterocycles. The van der Waals surface area contributed by atoms with E-state index in [2.05, 4.69) is 51.8 Å². The number of urea groups is 1. The Morgan fingerprint density at radius 3 is 2.27 bits per heavy atom. The van der Waals surface area contributed by atoms with E-state index < -0.39 is 84.1 Å². The molecule has 1 aliphatic heterocycles. The van der Waals surface area contributed by atoms with Crippen LogP contribution in [0.25, 0.3) is 21.7 Å². The topological polar surface area (TPSA) is 347 Å². The number of H-pyrrole nitrogens is 2. The van der Waals surface area contributed by atoms with Gasteiger partial charge in [-0.25, -0.2) is 14.7 Å². The van der Waals surface area contributed by atoms with Crippen molar-refractivity contribution in [3.63, 3.8) is 0 Å². The summed E-state index contributed by atoms with van der Waals surface area (Å²) in [5, 5.41) is 19.2. The first-order valence-electron chi connectivity index (χ1n) is 23.0. The Morgan fingerprint density at radius 2 is 1.54 bits per heavy atom. The van der Waals surface area contributed by atoms with Gasteiger partial charge in [-0.2, -0.15) is 0 Å². The van der Waals surface area contributed by atoms with Gasteiger partial charge in [0.05, 0.1) is 24.8 Å². The van der Waals surface area contributed by atoms with Gasteiger partial charge < -0.3 is 63.9 Å². The number of nitrogens with one attached hydrogen (secondary N) is 8. The largest absolute Gasteiger partial charge is 0.370 e. The maximum atomic E-state index is 13.9. The van der Waals surface area contributed by atoms with Crippen molar-refractivity contribution in [3.05, 3.63) is 102 Å². The summed E-state index contributed by atoms with van der Waals surface area (Å²) in [6, 6.07) is 13.5. The Balaban J connectivity index is 1.01. The van der Waals surface area contributed by atoms with Gasteiger partial charge in [-0.05, 0) is 73.5 Å². The zero-order valence-electron chi connectivity index (χ0n) is 38.7. The van der Waals surface area contributed by atoms with E-state index in [9.17, 15) is 38.4 Å². The molecule has 70 heavy (non-hydrogen) atoms. The zero-order valence-corrected chi connectivity index (χ0v) is 38.7. The van der Waals surface area contributed by atoms with E-state index in [0.29, 0.717) is 44.2 Å². The minimum Gasteiger partial charge on any atom is -0.370 e. The van der Waals surface area contributed by atoms with Crippen molar-refractivity contribution in [1.29, 1.82) is 0 Å². The van der Waals surface area contributed by atoms with Gasteiger partial charge in [0.25, 0.3) is 5.91 Å². The molecule has 22 nitrogen and oxygen atoms in total. The van der Waals surface area contributed by atoms with Gasteiger partial charge in [0, 0.05) is 54.9 Å². The lowest BCUT2D eigenvalue weighted by molar-refractivity contribution is -0.137. The van der Waals surface area contributed by atoms with Crippen LogP contribution in [0.15, 0.2) is 90.4 Å². The predicted octanol–water partition coefficient (Wildman–Crippen LogP) is -0.182. The van der Waals surface area contributed by atoms with E-state index >= 15 is 0 Å². The van der Waals surface area contributed by atoms with Crippen LogP contribution in [0.1, 0.15) is 55.3 Å². The van der Waals surface area contributed by atoms with Gasteiger partial charge in [0.1, 0.15) is 30.5 Å². The molecule has 1 fully saturated rings. The van der Waals surface area contributed by atoms with E-state index in [0.717, 1.165) is 37.7 Å². The number of aldehydes is 1. The molecule has 5 aromatic rings. The highest BCUT2D eigenvalue weighted by molar-refractivity contribution is 6.09. The molecular weight excluding hydrogens is 901 g/mol. The van der Waals surface area contributed by atoms with Gasteiger partial charge in [-0.1, -0.05) is 60.7 Å². The third-order valence-corrected chi connectivity index (χ3v) is 12.0. The fourth-order valence-electron chi connectivity index (χ4n) is 8.35. The molecule has 14 N–H and O–H groups in total. The number of aromatic nitrogens is 3. The van der Waals surface area contributed by atoms with E-state index in [-0.39, 0.29) is 38.2 Å². The Kier molecular flexibility index (Phi) is 18.1. The molecule has 0 aliphatic carbocycles. The van der Waals surface area contributed by atoms with Gasteiger partial charge in [0.2, 0.25) is 29.5 Å².